The number of nitrogens with zero attached hydrogens (tertiary/aromatic N) is 2. The van der Waals surface area contributed by atoms with Crippen molar-refractivity contribution >= 4 is 69.8 Å². The minimum atomic E-state index is -0.290. The van der Waals surface area contributed by atoms with Gasteiger partial charge in [0.15, 0.2) is 0 Å². The monoisotopic (exact) mass is 474 g/mol. The second kappa shape index (κ2) is 9.30. The fourth-order valence-electron chi connectivity index (χ4n) is 3.01. The van der Waals surface area contributed by atoms with Crippen LogP contribution in [0.1, 0.15) is 6.92 Å². The highest BCUT2D eigenvalue weighted by atomic mass is 35.5. The predicted molar refractivity (Wildman–Crippen MR) is 119 cm³/mol. The van der Waals surface area contributed by atoms with Crippen LogP contribution in [0.5, 0.6) is 0 Å². The molecule has 0 aromatic heterocycles. The first-order valence-electron chi connectivity index (χ1n) is 8.78. The van der Waals surface area contributed by atoms with Gasteiger partial charge < -0.3 is 20.4 Å². The summed E-state index contributed by atoms with van der Waals surface area (Å²) in [6, 6.07) is 8.94. The van der Waals surface area contributed by atoms with Crippen molar-refractivity contribution < 1.29 is 9.59 Å². The Balaban J connectivity index is 1.59. The van der Waals surface area contributed by atoms with Crippen molar-refractivity contribution in [1.29, 1.82) is 0 Å². The molecule has 1 atom stereocenters. The Hall–Kier alpha value is -1.86. The topological polar surface area (TPSA) is 64.7 Å². The quantitative estimate of drug-likeness (QED) is 0.553. The molecule has 4 amide bonds. The zero-order valence-electron chi connectivity index (χ0n) is 15.4. The molecule has 1 aliphatic rings. The number of halogens is 4. The van der Waals surface area contributed by atoms with Crippen LogP contribution >= 0.6 is 46.4 Å². The minimum Gasteiger partial charge on any atom is -0.321 e. The molecule has 3 rings (SSSR count). The molecule has 1 fully saturated rings. The van der Waals surface area contributed by atoms with Gasteiger partial charge in [-0.3, -0.25) is 0 Å². The van der Waals surface area contributed by atoms with Crippen molar-refractivity contribution in [2.75, 3.05) is 30.3 Å². The van der Waals surface area contributed by atoms with Crippen molar-refractivity contribution in [3.63, 3.8) is 0 Å². The molecule has 0 spiro atoms. The van der Waals surface area contributed by atoms with Gasteiger partial charge in [-0.2, -0.15) is 0 Å². The van der Waals surface area contributed by atoms with Crippen LogP contribution in [0.2, 0.25) is 20.1 Å². The highest BCUT2D eigenvalue weighted by Crippen LogP contribution is 2.27. The maximum atomic E-state index is 12.6. The molecule has 0 saturated carbocycles. The Bertz CT molecular complexity index is 940. The number of hydrogen-bond donors (Lipinski definition) is 2. The Labute approximate surface area is 188 Å². The minimum absolute atomic E-state index is 0.193. The van der Waals surface area contributed by atoms with E-state index in [2.05, 4.69) is 10.6 Å². The van der Waals surface area contributed by atoms with E-state index in [-0.39, 0.29) is 18.1 Å². The number of anilines is 2. The van der Waals surface area contributed by atoms with Crippen LogP contribution in [-0.2, 0) is 0 Å². The third kappa shape index (κ3) is 5.39. The van der Waals surface area contributed by atoms with Crippen molar-refractivity contribution in [3.05, 3.63) is 56.5 Å². The lowest BCUT2D eigenvalue weighted by Crippen LogP contribution is -2.57. The number of piperazine rings is 1. The molecule has 1 aliphatic heterocycles. The highest BCUT2D eigenvalue weighted by Gasteiger charge is 2.30. The second-order valence-electron chi connectivity index (χ2n) is 6.60. The SMILES string of the molecule is C[C@@H]1CN(C(=O)Nc2ccc(Cl)cc2Cl)CCN1C(=O)Nc1ccc(Cl)cc1Cl. The maximum absolute atomic E-state index is 12.6. The largest absolute Gasteiger partial charge is 0.322 e. The summed E-state index contributed by atoms with van der Waals surface area (Å²) in [5.41, 5.74) is 0.956. The standard InChI is InChI=1S/C19H18Cl4N4O2/c1-11-10-26(18(28)24-16-4-2-12(20)8-14(16)22)6-7-27(11)19(29)25-17-5-3-13(21)9-15(17)23/h2-5,8-9,11H,6-7,10H2,1H3,(H,24,28)(H,25,29)/t11-/m1/s1. The summed E-state index contributed by atoms with van der Waals surface area (Å²) in [4.78, 5) is 28.5. The average molecular weight is 476 g/mol. The fourth-order valence-corrected chi connectivity index (χ4v) is 3.92. The summed E-state index contributed by atoms with van der Waals surface area (Å²) in [5.74, 6) is 0. The molecular formula is C19H18Cl4N4O2. The lowest BCUT2D eigenvalue weighted by molar-refractivity contribution is 0.124. The zero-order valence-corrected chi connectivity index (χ0v) is 18.4. The van der Waals surface area contributed by atoms with Gasteiger partial charge in [-0.05, 0) is 43.3 Å². The van der Waals surface area contributed by atoms with Crippen molar-refractivity contribution in [3.8, 4) is 0 Å². The highest BCUT2D eigenvalue weighted by molar-refractivity contribution is 6.37. The van der Waals surface area contributed by atoms with Crippen molar-refractivity contribution in [2.45, 2.75) is 13.0 Å². The number of carbonyl (C=O) groups is 2. The number of hydrogen-bond acceptors (Lipinski definition) is 2. The van der Waals surface area contributed by atoms with Gasteiger partial charge in [0.25, 0.3) is 0 Å². The van der Waals surface area contributed by atoms with Crippen LogP contribution in [0.15, 0.2) is 36.4 Å². The van der Waals surface area contributed by atoms with Gasteiger partial charge in [0, 0.05) is 35.7 Å². The molecular weight excluding hydrogens is 458 g/mol. The lowest BCUT2D eigenvalue weighted by atomic mass is 10.2. The number of rotatable bonds is 2. The molecule has 2 N–H and O–H groups in total. The van der Waals surface area contributed by atoms with Crippen LogP contribution < -0.4 is 10.6 Å². The predicted octanol–water partition coefficient (Wildman–Crippen LogP) is 6.07. The van der Waals surface area contributed by atoms with Gasteiger partial charge in [-0.25, -0.2) is 9.59 Å². The van der Waals surface area contributed by atoms with Gasteiger partial charge >= 0.3 is 12.1 Å². The van der Waals surface area contributed by atoms with Crippen molar-refractivity contribution in [2.24, 2.45) is 0 Å². The van der Waals surface area contributed by atoms with E-state index >= 15 is 0 Å². The molecule has 0 unspecified atom stereocenters. The molecule has 0 aliphatic carbocycles. The molecule has 0 radical (unpaired) electrons. The van der Waals surface area contributed by atoms with E-state index in [1.807, 2.05) is 6.92 Å². The van der Waals surface area contributed by atoms with Gasteiger partial charge in [-0.15, -0.1) is 0 Å². The number of nitrogens with one attached hydrogen (secondary N) is 2. The number of carbonyl (C=O) groups excluding carboxylic acids is 2. The van der Waals surface area contributed by atoms with Gasteiger partial charge in [0.1, 0.15) is 0 Å². The smallest absolute Gasteiger partial charge is 0.321 e. The third-order valence-corrected chi connectivity index (χ3v) is 5.62. The molecule has 2 aromatic rings. The Morgan fingerprint density at radius 1 is 0.862 bits per heavy atom. The van der Waals surface area contributed by atoms with E-state index in [0.717, 1.165) is 0 Å². The summed E-state index contributed by atoms with van der Waals surface area (Å²) in [7, 11) is 0. The zero-order chi connectivity index (χ0) is 21.1. The summed E-state index contributed by atoms with van der Waals surface area (Å²) < 4.78 is 0. The molecule has 6 nitrogen and oxygen atoms in total. The number of urea groups is 2. The molecule has 10 heteroatoms. The van der Waals surface area contributed by atoms with Gasteiger partial charge in [0.05, 0.1) is 21.4 Å². The van der Waals surface area contributed by atoms with Gasteiger partial charge in [0.2, 0.25) is 0 Å². The van der Waals surface area contributed by atoms with Crippen LogP contribution in [0.25, 0.3) is 0 Å². The summed E-state index contributed by atoms with van der Waals surface area (Å²) in [6.07, 6.45) is 0. The maximum Gasteiger partial charge on any atom is 0.322 e. The van der Waals surface area contributed by atoms with E-state index < -0.39 is 0 Å². The average Bonchev–Trinajstić information content (AvgIpc) is 2.66. The van der Waals surface area contributed by atoms with Crippen molar-refractivity contribution in [1.82, 2.24) is 9.80 Å². The van der Waals surface area contributed by atoms with Crippen LogP contribution in [-0.4, -0.2) is 47.5 Å². The van der Waals surface area contributed by atoms with E-state index in [4.69, 9.17) is 46.4 Å². The lowest BCUT2D eigenvalue weighted by Gasteiger charge is -2.39. The third-order valence-electron chi connectivity index (χ3n) is 4.52. The Kier molecular flexibility index (Phi) is 7.01. The van der Waals surface area contributed by atoms with E-state index in [9.17, 15) is 9.59 Å². The molecule has 2 aromatic carbocycles. The Morgan fingerprint density at radius 2 is 1.38 bits per heavy atom. The summed E-state index contributed by atoms with van der Waals surface area (Å²) >= 11 is 24.0. The molecule has 0 bridgehead atoms. The van der Waals surface area contributed by atoms with Crippen LogP contribution in [0.3, 0.4) is 0 Å². The second-order valence-corrected chi connectivity index (χ2v) is 8.28. The number of benzene rings is 2. The molecule has 1 heterocycles. The normalized spacial score (nSPS) is 16.5. The fraction of sp³-hybridized carbons (Fsp3) is 0.263. The first-order chi connectivity index (χ1) is 13.7. The first kappa shape index (κ1) is 21.8. The van der Waals surface area contributed by atoms with E-state index in [1.54, 1.807) is 46.2 Å². The molecule has 154 valence electrons. The summed E-state index contributed by atoms with van der Waals surface area (Å²) in [5, 5.41) is 7.24. The molecule has 1 saturated heterocycles. The van der Waals surface area contributed by atoms with E-state index in [0.29, 0.717) is 51.1 Å². The first-order valence-corrected chi connectivity index (χ1v) is 10.3. The number of amides is 4. The molecule has 29 heavy (non-hydrogen) atoms. The van der Waals surface area contributed by atoms with Crippen LogP contribution in [0.4, 0.5) is 21.0 Å². The van der Waals surface area contributed by atoms with Crippen LogP contribution in [0, 0.1) is 0 Å². The van der Waals surface area contributed by atoms with E-state index in [1.165, 1.54) is 0 Å². The summed E-state index contributed by atoms with van der Waals surface area (Å²) in [6.45, 7) is 3.00. The van der Waals surface area contributed by atoms with Gasteiger partial charge in [-0.1, -0.05) is 46.4 Å². The Morgan fingerprint density at radius 3 is 1.86 bits per heavy atom.